The molecular formula is C25H29FN6O2. The maximum absolute atomic E-state index is 15.4. The molecule has 0 bridgehead atoms. The second-order valence-corrected chi connectivity index (χ2v) is 9.52. The van der Waals surface area contributed by atoms with E-state index >= 15 is 4.39 Å². The molecule has 34 heavy (non-hydrogen) atoms. The number of nitrogens with zero attached hydrogens (tertiary/aromatic N) is 6. The summed E-state index contributed by atoms with van der Waals surface area (Å²) in [5, 5.41) is 9.30. The van der Waals surface area contributed by atoms with Crippen molar-refractivity contribution < 1.29 is 13.9 Å². The van der Waals surface area contributed by atoms with Gasteiger partial charge in [-0.2, -0.15) is 10.2 Å². The molecule has 1 atom stereocenters. The lowest BCUT2D eigenvalue weighted by atomic mass is 9.96. The zero-order valence-electron chi connectivity index (χ0n) is 19.6. The monoisotopic (exact) mass is 464 g/mol. The Morgan fingerprint density at radius 3 is 2.85 bits per heavy atom. The molecule has 3 aromatic rings. The number of ether oxygens (including phenoxy) is 1. The fourth-order valence-electron chi connectivity index (χ4n) is 5.54. The van der Waals surface area contributed by atoms with Gasteiger partial charge >= 0.3 is 0 Å². The Morgan fingerprint density at radius 2 is 2.12 bits per heavy atom. The Hall–Kier alpha value is -3.20. The topological polar surface area (TPSA) is 68.4 Å². The van der Waals surface area contributed by atoms with Crippen LogP contribution in [0.1, 0.15) is 42.6 Å². The average molecular weight is 465 g/mol. The van der Waals surface area contributed by atoms with Crippen molar-refractivity contribution in [2.24, 2.45) is 7.05 Å². The summed E-state index contributed by atoms with van der Waals surface area (Å²) in [7, 11) is 1.83. The normalized spacial score (nSPS) is 19.9. The fraction of sp³-hybridized carbons (Fsp3) is 0.480. The van der Waals surface area contributed by atoms with E-state index in [1.807, 2.05) is 24.2 Å². The van der Waals surface area contributed by atoms with Crippen LogP contribution in [0, 0.1) is 5.82 Å². The van der Waals surface area contributed by atoms with E-state index in [9.17, 15) is 4.79 Å². The van der Waals surface area contributed by atoms with Crippen molar-refractivity contribution in [3.63, 3.8) is 0 Å². The number of rotatable bonds is 3. The number of fused-ring (bicyclic) bond motifs is 2. The van der Waals surface area contributed by atoms with Gasteiger partial charge in [0.15, 0.2) is 5.82 Å². The average Bonchev–Trinajstić information content (AvgIpc) is 3.57. The van der Waals surface area contributed by atoms with Crippen LogP contribution in [-0.4, -0.2) is 56.7 Å². The van der Waals surface area contributed by atoms with E-state index in [0.717, 1.165) is 67.0 Å². The minimum Gasteiger partial charge on any atom is -0.379 e. The maximum atomic E-state index is 15.4. The first-order chi connectivity index (χ1) is 16.5. The van der Waals surface area contributed by atoms with Crippen LogP contribution in [0.2, 0.25) is 0 Å². The molecule has 1 aromatic carbocycles. The molecule has 0 aliphatic carbocycles. The molecule has 0 spiro atoms. The third-order valence-electron chi connectivity index (χ3n) is 7.32. The van der Waals surface area contributed by atoms with Gasteiger partial charge in [0.25, 0.3) is 0 Å². The van der Waals surface area contributed by atoms with E-state index in [0.29, 0.717) is 25.3 Å². The van der Waals surface area contributed by atoms with Crippen LogP contribution >= 0.6 is 0 Å². The Labute approximate surface area is 197 Å². The molecule has 3 aliphatic heterocycles. The molecule has 0 radical (unpaired) electrons. The minimum absolute atomic E-state index is 0.0692. The number of halogens is 1. The number of amides is 1. The lowest BCUT2D eigenvalue weighted by Crippen LogP contribution is -2.35. The van der Waals surface area contributed by atoms with Gasteiger partial charge < -0.3 is 14.5 Å². The molecule has 9 heteroatoms. The van der Waals surface area contributed by atoms with Crippen LogP contribution in [0.15, 0.2) is 24.5 Å². The summed E-state index contributed by atoms with van der Waals surface area (Å²) in [6.07, 6.45) is 7.08. The quantitative estimate of drug-likeness (QED) is 0.595. The van der Waals surface area contributed by atoms with E-state index in [1.54, 1.807) is 23.9 Å². The molecular weight excluding hydrogens is 435 g/mol. The summed E-state index contributed by atoms with van der Waals surface area (Å²) >= 11 is 0. The Balaban J connectivity index is 1.44. The number of anilines is 2. The van der Waals surface area contributed by atoms with E-state index in [-0.39, 0.29) is 17.8 Å². The van der Waals surface area contributed by atoms with Crippen LogP contribution in [0.4, 0.5) is 15.9 Å². The number of benzene rings is 1. The molecule has 2 aromatic heterocycles. The number of aryl methyl sites for hydroxylation is 2. The summed E-state index contributed by atoms with van der Waals surface area (Å²) in [6, 6.07) is 3.82. The van der Waals surface area contributed by atoms with Crippen LogP contribution in [0.25, 0.3) is 11.1 Å². The summed E-state index contributed by atoms with van der Waals surface area (Å²) in [6.45, 7) is 5.01. The molecule has 0 saturated carbocycles. The second-order valence-electron chi connectivity index (χ2n) is 9.52. The highest BCUT2D eigenvalue weighted by molar-refractivity contribution is 5.76. The first kappa shape index (κ1) is 21.3. The summed E-state index contributed by atoms with van der Waals surface area (Å²) in [4.78, 5) is 16.2. The number of aromatic nitrogens is 4. The van der Waals surface area contributed by atoms with Gasteiger partial charge in [0.1, 0.15) is 5.82 Å². The molecule has 178 valence electrons. The Kier molecular flexibility index (Phi) is 5.17. The van der Waals surface area contributed by atoms with Crippen LogP contribution < -0.4 is 4.90 Å². The van der Waals surface area contributed by atoms with Crippen molar-refractivity contribution in [3.8, 4) is 11.1 Å². The van der Waals surface area contributed by atoms with Crippen LogP contribution in [0.3, 0.4) is 0 Å². The number of hydrogen-bond donors (Lipinski definition) is 0. The van der Waals surface area contributed by atoms with E-state index in [4.69, 9.17) is 9.84 Å². The second kappa shape index (κ2) is 8.23. The van der Waals surface area contributed by atoms with Gasteiger partial charge in [0.2, 0.25) is 5.91 Å². The Bertz CT molecular complexity index is 1260. The molecule has 6 rings (SSSR count). The first-order valence-electron chi connectivity index (χ1n) is 12.0. The molecule has 1 fully saturated rings. The molecule has 3 aliphatic rings. The van der Waals surface area contributed by atoms with Crippen LogP contribution in [0.5, 0.6) is 0 Å². The van der Waals surface area contributed by atoms with E-state index in [1.165, 1.54) is 5.69 Å². The van der Waals surface area contributed by atoms with Crippen molar-refractivity contribution in [1.82, 2.24) is 24.5 Å². The highest BCUT2D eigenvalue weighted by Gasteiger charge is 2.34. The number of carbonyl (C=O) groups is 1. The summed E-state index contributed by atoms with van der Waals surface area (Å²) in [5.74, 6) is 0.656. The van der Waals surface area contributed by atoms with Gasteiger partial charge in [-0.1, -0.05) is 0 Å². The summed E-state index contributed by atoms with van der Waals surface area (Å²) in [5.41, 5.74) is 5.59. The van der Waals surface area contributed by atoms with Crippen molar-refractivity contribution in [3.05, 3.63) is 47.2 Å². The van der Waals surface area contributed by atoms with Gasteiger partial charge in [0, 0.05) is 74.4 Å². The number of hydrogen-bond acceptors (Lipinski definition) is 5. The fourth-order valence-corrected chi connectivity index (χ4v) is 5.54. The molecule has 1 unspecified atom stereocenters. The van der Waals surface area contributed by atoms with E-state index < -0.39 is 0 Å². The van der Waals surface area contributed by atoms with Crippen molar-refractivity contribution in [2.45, 2.75) is 45.2 Å². The predicted octanol–water partition coefficient (Wildman–Crippen LogP) is 3.37. The van der Waals surface area contributed by atoms with Crippen molar-refractivity contribution in [2.75, 3.05) is 31.2 Å². The molecule has 8 nitrogen and oxygen atoms in total. The number of carbonyl (C=O) groups excluding carboxylic acids is 1. The highest BCUT2D eigenvalue weighted by Crippen LogP contribution is 2.41. The highest BCUT2D eigenvalue weighted by atomic mass is 19.1. The summed E-state index contributed by atoms with van der Waals surface area (Å²) < 4.78 is 24.8. The van der Waals surface area contributed by atoms with E-state index in [2.05, 4.69) is 14.7 Å². The smallest absolute Gasteiger partial charge is 0.219 e. The van der Waals surface area contributed by atoms with Gasteiger partial charge in [-0.15, -0.1) is 0 Å². The van der Waals surface area contributed by atoms with Gasteiger partial charge in [-0.05, 0) is 37.0 Å². The SMILES string of the molecule is CC(=O)N1CCc2c(c(N3CCCc4cc(-c5cnn(C)c5)c(F)cc43)nn2C2CCOC2)C1. The van der Waals surface area contributed by atoms with Gasteiger partial charge in [-0.3, -0.25) is 14.2 Å². The lowest BCUT2D eigenvalue weighted by Gasteiger charge is -2.33. The predicted molar refractivity (Wildman–Crippen MR) is 125 cm³/mol. The zero-order chi connectivity index (χ0) is 23.4. The Morgan fingerprint density at radius 1 is 1.24 bits per heavy atom. The van der Waals surface area contributed by atoms with Gasteiger partial charge in [0.05, 0.1) is 25.4 Å². The first-order valence-corrected chi connectivity index (χ1v) is 12.0. The maximum Gasteiger partial charge on any atom is 0.219 e. The van der Waals surface area contributed by atoms with Crippen molar-refractivity contribution in [1.29, 1.82) is 0 Å². The zero-order valence-corrected chi connectivity index (χ0v) is 19.6. The molecule has 0 N–H and O–H groups in total. The van der Waals surface area contributed by atoms with Crippen LogP contribution in [-0.2, 0) is 36.0 Å². The third kappa shape index (κ3) is 3.50. The molecule has 1 saturated heterocycles. The largest absolute Gasteiger partial charge is 0.379 e. The van der Waals surface area contributed by atoms with Gasteiger partial charge in [-0.25, -0.2) is 4.39 Å². The third-order valence-corrected chi connectivity index (χ3v) is 7.32. The molecule has 1 amide bonds. The minimum atomic E-state index is -0.262. The van der Waals surface area contributed by atoms with Crippen molar-refractivity contribution >= 4 is 17.4 Å². The molecule has 5 heterocycles. The lowest BCUT2D eigenvalue weighted by molar-refractivity contribution is -0.129. The standard InChI is InChI=1S/C25H29FN6O2/c1-16(33)30-8-5-23-21(14-30)25(28-32(23)19-6-9-34-15-19)31-7-3-4-17-10-20(22(26)11-24(17)31)18-12-27-29(2)13-18/h10-13,19H,3-9,14-15H2,1-2H3.